The average molecular weight is 317 g/mol. The van der Waals surface area contributed by atoms with Gasteiger partial charge in [0.05, 0.1) is 7.11 Å². The molecule has 3 rings (SSSR count). The van der Waals surface area contributed by atoms with Gasteiger partial charge in [0.25, 0.3) is 0 Å². The van der Waals surface area contributed by atoms with Crippen molar-refractivity contribution in [3.8, 4) is 5.75 Å². The maximum absolute atomic E-state index is 9.13. The van der Waals surface area contributed by atoms with E-state index >= 15 is 0 Å². The van der Waals surface area contributed by atoms with Crippen molar-refractivity contribution in [3.63, 3.8) is 0 Å². The minimum atomic E-state index is 0.169. The number of ether oxygens (including phenoxy) is 1. The minimum absolute atomic E-state index is 0.169. The zero-order valence-corrected chi connectivity index (χ0v) is 14.6. The Hall–Kier alpha value is -1.06. The van der Waals surface area contributed by atoms with E-state index in [1.54, 1.807) is 7.11 Å². The second-order valence-corrected chi connectivity index (χ2v) is 7.51. The Morgan fingerprint density at radius 3 is 2.96 bits per heavy atom. The Bertz CT molecular complexity index is 530. The maximum atomic E-state index is 9.13. The van der Waals surface area contributed by atoms with Gasteiger partial charge in [-0.2, -0.15) is 0 Å². The van der Waals surface area contributed by atoms with E-state index in [1.165, 1.54) is 49.7 Å². The first-order valence-corrected chi connectivity index (χ1v) is 9.20. The summed E-state index contributed by atoms with van der Waals surface area (Å²) >= 11 is 0. The second-order valence-electron chi connectivity index (χ2n) is 7.51. The third kappa shape index (κ3) is 3.27. The van der Waals surface area contributed by atoms with Gasteiger partial charge in [-0.15, -0.1) is 0 Å². The molecule has 0 heterocycles. The van der Waals surface area contributed by atoms with E-state index in [-0.39, 0.29) is 12.0 Å². The first-order chi connectivity index (χ1) is 11.2. The number of benzene rings is 1. The molecule has 1 fully saturated rings. The van der Waals surface area contributed by atoms with Crippen molar-refractivity contribution < 1.29 is 9.84 Å². The second kappa shape index (κ2) is 7.23. The molecule has 3 atom stereocenters. The largest absolute Gasteiger partial charge is 0.497 e. The van der Waals surface area contributed by atoms with Crippen LogP contribution in [0.4, 0.5) is 0 Å². The lowest BCUT2D eigenvalue weighted by Crippen LogP contribution is -2.55. The van der Waals surface area contributed by atoms with Crippen LogP contribution in [-0.2, 0) is 11.8 Å². The molecule has 0 radical (unpaired) electrons. The van der Waals surface area contributed by atoms with Crippen LogP contribution < -0.4 is 10.1 Å². The molecule has 0 aliphatic heterocycles. The Kier molecular flexibility index (Phi) is 5.27. The first-order valence-electron chi connectivity index (χ1n) is 9.20. The van der Waals surface area contributed by atoms with Gasteiger partial charge in [0, 0.05) is 18.1 Å². The third-order valence-electron chi connectivity index (χ3n) is 6.04. The number of methoxy groups -OCH3 is 1. The molecule has 0 amide bonds. The van der Waals surface area contributed by atoms with Crippen LogP contribution in [0, 0.1) is 5.92 Å². The highest BCUT2D eigenvalue weighted by Gasteiger charge is 2.45. The zero-order chi connectivity index (χ0) is 16.3. The summed E-state index contributed by atoms with van der Waals surface area (Å²) in [7, 11) is 1.75. The molecule has 0 aromatic heterocycles. The molecule has 1 aromatic rings. The molecular formula is C20H31NO2. The van der Waals surface area contributed by atoms with Crippen LogP contribution in [-0.4, -0.2) is 31.4 Å². The monoisotopic (exact) mass is 317 g/mol. The predicted molar refractivity (Wildman–Crippen MR) is 94.1 cm³/mol. The van der Waals surface area contributed by atoms with E-state index in [0.717, 1.165) is 18.7 Å². The summed E-state index contributed by atoms with van der Waals surface area (Å²) in [6, 6.07) is 7.18. The van der Waals surface area contributed by atoms with Gasteiger partial charge in [0.1, 0.15) is 5.75 Å². The van der Waals surface area contributed by atoms with Gasteiger partial charge in [-0.3, -0.25) is 0 Å². The van der Waals surface area contributed by atoms with Gasteiger partial charge in [-0.05, 0) is 61.4 Å². The summed E-state index contributed by atoms with van der Waals surface area (Å²) < 4.78 is 5.50. The zero-order valence-electron chi connectivity index (χ0n) is 14.6. The Balaban J connectivity index is 1.98. The van der Waals surface area contributed by atoms with Crippen LogP contribution in [0.15, 0.2) is 18.2 Å². The normalized spacial score (nSPS) is 30.2. The van der Waals surface area contributed by atoms with Crippen molar-refractivity contribution in [2.45, 2.75) is 63.3 Å². The van der Waals surface area contributed by atoms with Gasteiger partial charge in [0.2, 0.25) is 0 Å². The van der Waals surface area contributed by atoms with E-state index < -0.39 is 0 Å². The molecule has 1 saturated carbocycles. The summed E-state index contributed by atoms with van der Waals surface area (Å²) in [6.45, 7) is 3.62. The van der Waals surface area contributed by atoms with Crippen molar-refractivity contribution >= 4 is 0 Å². The Morgan fingerprint density at radius 1 is 1.30 bits per heavy atom. The topological polar surface area (TPSA) is 41.5 Å². The van der Waals surface area contributed by atoms with E-state index in [0.29, 0.717) is 12.0 Å². The number of aliphatic hydroxyl groups excluding tert-OH is 1. The van der Waals surface area contributed by atoms with E-state index in [9.17, 15) is 0 Å². The van der Waals surface area contributed by atoms with Gasteiger partial charge in [0.15, 0.2) is 0 Å². The van der Waals surface area contributed by atoms with Crippen molar-refractivity contribution in [1.29, 1.82) is 0 Å². The highest BCUT2D eigenvalue weighted by Crippen LogP contribution is 2.47. The summed E-state index contributed by atoms with van der Waals surface area (Å²) in [5, 5.41) is 12.9. The molecule has 1 aromatic carbocycles. The number of nitrogens with one attached hydrogen (secondary N) is 1. The summed E-state index contributed by atoms with van der Waals surface area (Å²) in [6.07, 6.45) is 8.57. The number of hydrogen-bond donors (Lipinski definition) is 2. The summed E-state index contributed by atoms with van der Waals surface area (Å²) in [5.41, 5.74) is 3.17. The smallest absolute Gasteiger partial charge is 0.119 e. The van der Waals surface area contributed by atoms with Gasteiger partial charge < -0.3 is 15.2 Å². The van der Waals surface area contributed by atoms with Crippen LogP contribution >= 0.6 is 0 Å². The summed E-state index contributed by atoms with van der Waals surface area (Å²) in [4.78, 5) is 0. The third-order valence-corrected chi connectivity index (χ3v) is 6.04. The van der Waals surface area contributed by atoms with Crippen molar-refractivity contribution in [2.24, 2.45) is 5.92 Å². The Labute approximate surface area is 140 Å². The molecule has 2 aliphatic rings. The van der Waals surface area contributed by atoms with Crippen LogP contribution in [0.1, 0.15) is 56.6 Å². The van der Waals surface area contributed by atoms with E-state index in [1.807, 2.05) is 0 Å². The highest BCUT2D eigenvalue weighted by atomic mass is 16.5. The molecule has 3 heteroatoms. The standard InChI is InChI=1S/C20H31NO2/c1-20-10-5-3-4-7-16(19(20)21-11-6-12-22)13-15-8-9-17(23-2)14-18(15)20/h8-9,14,16,19,21-22H,3-7,10-13H2,1-2H3/t16-,19-,20+/m0/s1. The molecule has 0 spiro atoms. The lowest BCUT2D eigenvalue weighted by Gasteiger charge is -2.49. The number of aliphatic hydroxyl groups is 1. The molecule has 128 valence electrons. The predicted octanol–water partition coefficient (Wildman–Crippen LogP) is 3.43. The van der Waals surface area contributed by atoms with Crippen molar-refractivity contribution in [3.05, 3.63) is 29.3 Å². The van der Waals surface area contributed by atoms with Crippen LogP contribution in [0.5, 0.6) is 5.75 Å². The lowest BCUT2D eigenvalue weighted by atomic mass is 9.59. The van der Waals surface area contributed by atoms with Crippen molar-refractivity contribution in [2.75, 3.05) is 20.3 Å². The highest BCUT2D eigenvalue weighted by molar-refractivity contribution is 5.44. The molecule has 2 bridgehead atoms. The Morgan fingerprint density at radius 2 is 2.17 bits per heavy atom. The quantitative estimate of drug-likeness (QED) is 0.818. The molecule has 2 aliphatic carbocycles. The van der Waals surface area contributed by atoms with Crippen LogP contribution in [0.3, 0.4) is 0 Å². The number of rotatable bonds is 5. The number of fused-ring (bicyclic) bond motifs is 4. The van der Waals surface area contributed by atoms with Gasteiger partial charge >= 0.3 is 0 Å². The SMILES string of the molecule is COc1ccc2c(c1)[C@@]1(C)CCCCC[C@@H](C2)[C@@H]1NCCCO. The minimum Gasteiger partial charge on any atom is -0.497 e. The summed E-state index contributed by atoms with van der Waals surface area (Å²) in [5.74, 6) is 1.68. The van der Waals surface area contributed by atoms with Gasteiger partial charge in [-0.1, -0.05) is 32.3 Å². The van der Waals surface area contributed by atoms with E-state index in [2.05, 4.69) is 30.4 Å². The average Bonchev–Trinajstić information content (AvgIpc) is 2.56. The fourth-order valence-corrected chi connectivity index (χ4v) is 4.84. The molecule has 0 saturated heterocycles. The maximum Gasteiger partial charge on any atom is 0.119 e. The molecule has 2 N–H and O–H groups in total. The lowest BCUT2D eigenvalue weighted by molar-refractivity contribution is 0.162. The van der Waals surface area contributed by atoms with Crippen molar-refractivity contribution in [1.82, 2.24) is 5.32 Å². The molecule has 0 unspecified atom stereocenters. The molecule has 3 nitrogen and oxygen atoms in total. The fourth-order valence-electron chi connectivity index (χ4n) is 4.84. The number of hydrogen-bond acceptors (Lipinski definition) is 3. The molecular weight excluding hydrogens is 286 g/mol. The first kappa shape index (κ1) is 16.8. The fraction of sp³-hybridized carbons (Fsp3) is 0.700. The van der Waals surface area contributed by atoms with Crippen LogP contribution in [0.25, 0.3) is 0 Å². The van der Waals surface area contributed by atoms with Gasteiger partial charge in [-0.25, -0.2) is 0 Å². The van der Waals surface area contributed by atoms with E-state index in [4.69, 9.17) is 9.84 Å². The van der Waals surface area contributed by atoms with Crippen LogP contribution in [0.2, 0.25) is 0 Å². The molecule has 23 heavy (non-hydrogen) atoms.